The van der Waals surface area contributed by atoms with Gasteiger partial charge in [0.1, 0.15) is 4.90 Å². The molecular weight excluding hydrogens is 448 g/mol. The number of aromatic nitrogens is 2. The van der Waals surface area contributed by atoms with E-state index in [9.17, 15) is 13.2 Å². The van der Waals surface area contributed by atoms with E-state index in [4.69, 9.17) is 0 Å². The Morgan fingerprint density at radius 3 is 2.35 bits per heavy atom. The number of nitrogens with zero attached hydrogens (tertiary/aromatic N) is 3. The van der Waals surface area contributed by atoms with Gasteiger partial charge in [0.15, 0.2) is 0 Å². The minimum Gasteiger partial charge on any atom is -0.322 e. The number of hydrogen-bond donors (Lipinski definition) is 1. The Bertz CT molecular complexity index is 1270. The predicted molar refractivity (Wildman–Crippen MR) is 134 cm³/mol. The normalized spacial score (nSPS) is 14.8. The van der Waals surface area contributed by atoms with Gasteiger partial charge >= 0.3 is 0 Å². The summed E-state index contributed by atoms with van der Waals surface area (Å²) in [5.74, 6) is -0.159. The van der Waals surface area contributed by atoms with Gasteiger partial charge < -0.3 is 5.32 Å². The van der Waals surface area contributed by atoms with Crippen molar-refractivity contribution in [2.24, 2.45) is 0 Å². The third-order valence-electron chi connectivity index (χ3n) is 6.42. The van der Waals surface area contributed by atoms with Crippen molar-refractivity contribution in [3.05, 3.63) is 76.6 Å². The lowest BCUT2D eigenvalue weighted by Crippen LogP contribution is -2.36. The van der Waals surface area contributed by atoms with E-state index < -0.39 is 10.0 Å². The quantitative estimate of drug-likeness (QED) is 0.538. The molecule has 34 heavy (non-hydrogen) atoms. The smallest absolute Gasteiger partial charge is 0.255 e. The Kier molecular flexibility index (Phi) is 7.19. The van der Waals surface area contributed by atoms with Crippen molar-refractivity contribution >= 4 is 21.6 Å². The summed E-state index contributed by atoms with van der Waals surface area (Å²) < 4.78 is 29.8. The summed E-state index contributed by atoms with van der Waals surface area (Å²) in [5.41, 5.74) is 4.58. The first kappa shape index (κ1) is 24.2. The van der Waals surface area contributed by atoms with Crippen LogP contribution >= 0.6 is 0 Å². The predicted octanol–water partition coefficient (Wildman–Crippen LogP) is 4.54. The van der Waals surface area contributed by atoms with E-state index in [-0.39, 0.29) is 5.91 Å². The van der Waals surface area contributed by atoms with Gasteiger partial charge in [-0.15, -0.1) is 0 Å². The van der Waals surface area contributed by atoms with Crippen molar-refractivity contribution in [1.29, 1.82) is 0 Å². The van der Waals surface area contributed by atoms with Crippen LogP contribution in [0.5, 0.6) is 0 Å². The number of para-hydroxylation sites is 1. The summed E-state index contributed by atoms with van der Waals surface area (Å²) in [6, 6.07) is 15.1. The Morgan fingerprint density at radius 1 is 1.00 bits per heavy atom. The number of sulfonamides is 1. The number of nitrogens with one attached hydrogen (secondary N) is 1. The lowest BCUT2D eigenvalue weighted by molar-refractivity contribution is 0.102. The molecule has 1 aliphatic heterocycles. The van der Waals surface area contributed by atoms with Crippen LogP contribution in [0.25, 0.3) is 0 Å². The third kappa shape index (κ3) is 4.93. The molecule has 0 aliphatic carbocycles. The molecule has 0 saturated carbocycles. The molecule has 4 rings (SSSR count). The van der Waals surface area contributed by atoms with Crippen LogP contribution in [0.15, 0.2) is 53.4 Å². The number of aryl methyl sites for hydroxylation is 2. The summed E-state index contributed by atoms with van der Waals surface area (Å²) in [6.07, 6.45) is 3.71. The van der Waals surface area contributed by atoms with E-state index in [1.807, 2.05) is 43.3 Å². The number of amides is 1. The average molecular weight is 481 g/mol. The number of hydrogen-bond acceptors (Lipinski definition) is 4. The minimum atomic E-state index is -3.55. The maximum atomic E-state index is 13.2. The molecule has 7 nitrogen and oxygen atoms in total. The highest BCUT2D eigenvalue weighted by Gasteiger charge is 2.31. The van der Waals surface area contributed by atoms with Crippen LogP contribution < -0.4 is 5.32 Å². The monoisotopic (exact) mass is 480 g/mol. The zero-order chi connectivity index (χ0) is 24.3. The van der Waals surface area contributed by atoms with Crippen molar-refractivity contribution in [3.63, 3.8) is 0 Å². The van der Waals surface area contributed by atoms with Crippen molar-refractivity contribution in [2.75, 3.05) is 18.4 Å². The molecule has 1 fully saturated rings. The van der Waals surface area contributed by atoms with Gasteiger partial charge in [0.2, 0.25) is 10.0 Å². The summed E-state index contributed by atoms with van der Waals surface area (Å²) >= 11 is 0. The molecular formula is C26H32N4O3S. The van der Waals surface area contributed by atoms with Gasteiger partial charge in [-0.1, -0.05) is 43.7 Å². The number of piperidine rings is 1. The first-order valence-corrected chi connectivity index (χ1v) is 13.3. The van der Waals surface area contributed by atoms with Gasteiger partial charge in [-0.2, -0.15) is 9.40 Å². The molecule has 1 saturated heterocycles. The van der Waals surface area contributed by atoms with Crippen LogP contribution in [0.2, 0.25) is 0 Å². The number of rotatable bonds is 7. The molecule has 0 unspecified atom stereocenters. The summed E-state index contributed by atoms with van der Waals surface area (Å²) in [7, 11) is -3.55. The van der Waals surface area contributed by atoms with Gasteiger partial charge in [0.25, 0.3) is 5.91 Å². The topological polar surface area (TPSA) is 84.3 Å². The van der Waals surface area contributed by atoms with E-state index in [0.29, 0.717) is 41.5 Å². The van der Waals surface area contributed by atoms with Gasteiger partial charge in [0.05, 0.1) is 17.9 Å². The molecule has 2 aromatic carbocycles. The zero-order valence-electron chi connectivity index (χ0n) is 20.0. The summed E-state index contributed by atoms with van der Waals surface area (Å²) in [5, 5.41) is 7.52. The first-order chi connectivity index (χ1) is 16.3. The van der Waals surface area contributed by atoms with E-state index >= 15 is 0 Å². The summed E-state index contributed by atoms with van der Waals surface area (Å²) in [6.45, 7) is 7.19. The second-order valence-corrected chi connectivity index (χ2v) is 10.7. The number of carbonyl (C=O) groups is 1. The molecule has 8 heteroatoms. The van der Waals surface area contributed by atoms with Crippen molar-refractivity contribution < 1.29 is 13.2 Å². The largest absolute Gasteiger partial charge is 0.322 e. The highest BCUT2D eigenvalue weighted by molar-refractivity contribution is 7.89. The molecule has 2 heterocycles. The van der Waals surface area contributed by atoms with E-state index in [2.05, 4.69) is 17.3 Å². The van der Waals surface area contributed by atoms with E-state index in [0.717, 1.165) is 42.5 Å². The van der Waals surface area contributed by atoms with E-state index in [1.54, 1.807) is 28.0 Å². The van der Waals surface area contributed by atoms with E-state index in [1.165, 1.54) is 0 Å². The maximum absolute atomic E-state index is 13.2. The van der Waals surface area contributed by atoms with Crippen molar-refractivity contribution in [2.45, 2.75) is 57.9 Å². The fourth-order valence-corrected chi connectivity index (χ4v) is 6.41. The maximum Gasteiger partial charge on any atom is 0.255 e. The van der Waals surface area contributed by atoms with Crippen LogP contribution in [0.3, 0.4) is 0 Å². The van der Waals surface area contributed by atoms with Gasteiger partial charge in [0, 0.05) is 24.3 Å². The van der Waals surface area contributed by atoms with Crippen LogP contribution in [-0.4, -0.2) is 41.5 Å². The van der Waals surface area contributed by atoms with Crippen LogP contribution in [0.1, 0.15) is 59.1 Å². The second-order valence-electron chi connectivity index (χ2n) is 8.78. The molecule has 1 aromatic heterocycles. The highest BCUT2D eigenvalue weighted by atomic mass is 32.2. The fraction of sp³-hybridized carbons (Fsp3) is 0.385. The molecule has 3 aromatic rings. The fourth-order valence-electron chi connectivity index (χ4n) is 4.52. The minimum absolute atomic E-state index is 0.159. The Hall–Kier alpha value is -2.97. The average Bonchev–Trinajstić information content (AvgIpc) is 3.13. The molecule has 0 bridgehead atoms. The Balaban J connectivity index is 1.50. The molecule has 1 N–H and O–H groups in total. The highest BCUT2D eigenvalue weighted by Crippen LogP contribution is 2.26. The zero-order valence-corrected chi connectivity index (χ0v) is 20.9. The van der Waals surface area contributed by atoms with Crippen molar-refractivity contribution in [1.82, 2.24) is 14.1 Å². The standard InChI is InChI=1S/C26H32N4O3S/c1-4-22-10-6-7-11-24(22)27-26(31)23-14-12-21(13-15-23)18-30-20(3)25(19(2)28-30)34(32,33)29-16-8-5-9-17-29/h6-7,10-15H,4-5,8-9,16-18H2,1-3H3,(H,27,31). The number of carbonyl (C=O) groups excluding carboxylic acids is 1. The first-order valence-electron chi connectivity index (χ1n) is 11.8. The molecule has 180 valence electrons. The van der Waals surface area contributed by atoms with Gasteiger partial charge in [-0.25, -0.2) is 8.42 Å². The molecule has 0 atom stereocenters. The van der Waals surface area contributed by atoms with Crippen LogP contribution in [0, 0.1) is 13.8 Å². The van der Waals surface area contributed by atoms with Gasteiger partial charge in [-0.3, -0.25) is 9.48 Å². The molecule has 1 aliphatic rings. The lowest BCUT2D eigenvalue weighted by Gasteiger charge is -2.26. The number of benzene rings is 2. The van der Waals surface area contributed by atoms with Crippen molar-refractivity contribution in [3.8, 4) is 0 Å². The van der Waals surface area contributed by atoms with Crippen LogP contribution in [0.4, 0.5) is 5.69 Å². The Morgan fingerprint density at radius 2 is 1.68 bits per heavy atom. The van der Waals surface area contributed by atoms with Crippen LogP contribution in [-0.2, 0) is 23.0 Å². The molecule has 0 spiro atoms. The second kappa shape index (κ2) is 10.1. The summed E-state index contributed by atoms with van der Waals surface area (Å²) in [4.78, 5) is 13.0. The molecule has 0 radical (unpaired) electrons. The van der Waals surface area contributed by atoms with Gasteiger partial charge in [-0.05, 0) is 62.4 Å². The Labute approximate surface area is 201 Å². The number of anilines is 1. The molecule has 1 amide bonds. The lowest BCUT2D eigenvalue weighted by atomic mass is 10.1. The third-order valence-corrected chi connectivity index (χ3v) is 8.57. The SMILES string of the molecule is CCc1ccccc1NC(=O)c1ccc(Cn2nc(C)c(S(=O)(=O)N3CCCCC3)c2C)cc1.